The Labute approximate surface area is 69.2 Å². The van der Waals surface area contributed by atoms with E-state index < -0.39 is 49.3 Å². The zero-order valence-corrected chi connectivity index (χ0v) is 8.64. The van der Waals surface area contributed by atoms with Gasteiger partial charge in [-0.2, -0.15) is 0 Å². The van der Waals surface area contributed by atoms with Crippen molar-refractivity contribution >= 4 is 42.9 Å². The summed E-state index contributed by atoms with van der Waals surface area (Å²) < 4.78 is 8.78. The summed E-state index contributed by atoms with van der Waals surface area (Å²) in [4.78, 5) is 31.3. The first kappa shape index (κ1) is 7.64. The van der Waals surface area contributed by atoms with Gasteiger partial charge in [0.05, 0.1) is 0 Å². The molecule has 0 saturated carbocycles. The summed E-state index contributed by atoms with van der Waals surface area (Å²) in [6, 6.07) is 0. The molecule has 1 rings (SSSR count). The van der Waals surface area contributed by atoms with Crippen molar-refractivity contribution in [2.45, 2.75) is 6.42 Å². The Hall–Kier alpha value is -0.468. The van der Waals surface area contributed by atoms with Gasteiger partial charge < -0.3 is 0 Å². The molecule has 1 aliphatic heterocycles. The fourth-order valence-electron chi connectivity index (χ4n) is 0.401. The standard InChI is InChI=1S/C4H4O5.Pb/c5-2(4(8)9)1-3(6)7;/h1H2,(H,6,7)(H,8,9);/q;+2/p-2. The summed E-state index contributed by atoms with van der Waals surface area (Å²) in [6.45, 7) is 0. The van der Waals surface area contributed by atoms with Crippen molar-refractivity contribution in [2.75, 3.05) is 0 Å². The molecule has 0 amide bonds. The van der Waals surface area contributed by atoms with Crippen molar-refractivity contribution in [3.63, 3.8) is 0 Å². The molecule has 0 unspecified atom stereocenters. The molecule has 0 spiro atoms. The van der Waals surface area contributed by atoms with E-state index in [4.69, 9.17) is 0 Å². The molecule has 0 bridgehead atoms. The average Bonchev–Trinajstić information content (AvgIpc) is 1.96. The Morgan fingerprint density at radius 1 is 1.20 bits per heavy atom. The summed E-state index contributed by atoms with van der Waals surface area (Å²) in [5.74, 6) is -2.37. The van der Waals surface area contributed by atoms with Crippen LogP contribution in [0.15, 0.2) is 0 Å². The first-order valence-corrected chi connectivity index (χ1v) is 5.56. The van der Waals surface area contributed by atoms with Crippen molar-refractivity contribution in [3.8, 4) is 0 Å². The van der Waals surface area contributed by atoms with Gasteiger partial charge in [0, 0.05) is 0 Å². The van der Waals surface area contributed by atoms with Crippen LogP contribution in [-0.2, 0) is 19.8 Å². The van der Waals surface area contributed by atoms with Gasteiger partial charge >= 0.3 is 69.0 Å². The van der Waals surface area contributed by atoms with Crippen LogP contribution in [0.1, 0.15) is 6.42 Å². The molecule has 1 aliphatic rings. The third-order valence-electron chi connectivity index (χ3n) is 0.822. The Morgan fingerprint density at radius 3 is 2.60 bits per heavy atom. The van der Waals surface area contributed by atoms with Gasteiger partial charge in [-0.3, -0.25) is 0 Å². The van der Waals surface area contributed by atoms with Crippen molar-refractivity contribution < 1.29 is 19.8 Å². The van der Waals surface area contributed by atoms with Crippen molar-refractivity contribution in [3.05, 3.63) is 0 Å². The molecule has 2 radical (unpaired) electrons. The fourth-order valence-corrected chi connectivity index (χ4v) is 1.94. The molecule has 0 atom stereocenters. The molecule has 0 N–H and O–H groups in total. The van der Waals surface area contributed by atoms with E-state index in [0.717, 1.165) is 0 Å². The van der Waals surface area contributed by atoms with Gasteiger partial charge in [0.2, 0.25) is 0 Å². The summed E-state index contributed by atoms with van der Waals surface area (Å²) >= 11 is -2.02. The second-order valence-electron chi connectivity index (χ2n) is 1.55. The third kappa shape index (κ3) is 1.76. The van der Waals surface area contributed by atoms with Crippen LogP contribution in [0.2, 0.25) is 0 Å². The summed E-state index contributed by atoms with van der Waals surface area (Å²) in [5.41, 5.74) is 0. The second-order valence-corrected chi connectivity index (χ2v) is 3.78. The topological polar surface area (TPSA) is 69.7 Å². The van der Waals surface area contributed by atoms with Crippen LogP contribution in [0, 0.1) is 0 Å². The van der Waals surface area contributed by atoms with Gasteiger partial charge in [0.15, 0.2) is 0 Å². The van der Waals surface area contributed by atoms with Crippen LogP contribution < -0.4 is 0 Å². The van der Waals surface area contributed by atoms with Crippen LogP contribution in [0.4, 0.5) is 0 Å². The molecule has 1 saturated heterocycles. The normalized spacial score (nSPS) is 19.4. The molecular weight excluding hydrogens is 335 g/mol. The minimum atomic E-state index is -2.02. The quantitative estimate of drug-likeness (QED) is 0.308. The Kier molecular flexibility index (Phi) is 2.35. The van der Waals surface area contributed by atoms with Gasteiger partial charge in [-0.1, -0.05) is 0 Å². The number of hydrogen-bond donors (Lipinski definition) is 0. The molecule has 10 heavy (non-hydrogen) atoms. The predicted octanol–water partition coefficient (Wildman–Crippen LogP) is -1.42. The van der Waals surface area contributed by atoms with E-state index in [1.807, 2.05) is 0 Å². The zero-order chi connectivity index (χ0) is 7.56. The maximum absolute atomic E-state index is 10.5. The Bertz CT molecular complexity index is 198. The van der Waals surface area contributed by atoms with Crippen molar-refractivity contribution in [2.24, 2.45) is 0 Å². The summed E-state index contributed by atoms with van der Waals surface area (Å²) in [7, 11) is 0. The first-order valence-electron chi connectivity index (χ1n) is 2.39. The predicted molar refractivity (Wildman–Crippen MR) is 27.6 cm³/mol. The maximum atomic E-state index is 10.5. The van der Waals surface area contributed by atoms with Crippen LogP contribution in [0.3, 0.4) is 0 Å². The van der Waals surface area contributed by atoms with Gasteiger partial charge in [-0.25, -0.2) is 0 Å². The molecular formula is C4H2O5Pb. The number of carbonyl (C=O) groups excluding carboxylic acids is 3. The van der Waals surface area contributed by atoms with Gasteiger partial charge in [0.1, 0.15) is 0 Å². The van der Waals surface area contributed by atoms with Crippen molar-refractivity contribution in [1.82, 2.24) is 0 Å². The van der Waals surface area contributed by atoms with E-state index in [2.05, 4.69) is 5.37 Å². The molecule has 0 aromatic carbocycles. The van der Waals surface area contributed by atoms with Gasteiger partial charge in [-0.15, -0.1) is 0 Å². The van der Waals surface area contributed by atoms with Gasteiger partial charge in [-0.05, 0) is 0 Å². The van der Waals surface area contributed by atoms with E-state index >= 15 is 0 Å². The summed E-state index contributed by atoms with van der Waals surface area (Å²) in [5, 5.41) is 0. The van der Waals surface area contributed by atoms with Crippen LogP contribution >= 0.6 is 0 Å². The second kappa shape index (κ2) is 3.08. The van der Waals surface area contributed by atoms with Crippen LogP contribution in [0.5, 0.6) is 0 Å². The molecule has 0 aliphatic carbocycles. The molecule has 0 aromatic rings. The number of hydrogen-bond acceptors (Lipinski definition) is 5. The van der Waals surface area contributed by atoms with E-state index in [-0.39, 0.29) is 0 Å². The molecule has 5 nitrogen and oxygen atoms in total. The van der Waals surface area contributed by atoms with Crippen molar-refractivity contribution in [1.29, 1.82) is 0 Å². The van der Waals surface area contributed by atoms with Crippen LogP contribution in [-0.4, -0.2) is 42.9 Å². The molecule has 52 valence electrons. The average molecular weight is 337 g/mol. The monoisotopic (exact) mass is 338 g/mol. The third-order valence-corrected chi connectivity index (χ3v) is 3.08. The number of Topliss-reactive ketones (excluding diaryl/α,β-unsaturated/α-hetero) is 1. The van der Waals surface area contributed by atoms with Gasteiger partial charge in [0.25, 0.3) is 0 Å². The molecule has 1 fully saturated rings. The Balaban J connectivity index is 2.66. The van der Waals surface area contributed by atoms with E-state index in [9.17, 15) is 14.4 Å². The fraction of sp³-hybridized carbons (Fsp3) is 0.250. The summed E-state index contributed by atoms with van der Waals surface area (Å²) in [6.07, 6.45) is -0.466. The first-order chi connectivity index (χ1) is 4.70. The number of rotatable bonds is 0. The zero-order valence-electron chi connectivity index (χ0n) is 4.75. The van der Waals surface area contributed by atoms with E-state index in [1.54, 1.807) is 0 Å². The molecule has 6 heteroatoms. The molecule has 1 heterocycles. The number of carbonyl (C=O) groups is 3. The SMILES string of the molecule is O=C1CC(=O)C(=O)[O][Pb][O]1. The van der Waals surface area contributed by atoms with Crippen LogP contribution in [0.25, 0.3) is 0 Å². The van der Waals surface area contributed by atoms with E-state index in [1.165, 1.54) is 0 Å². The van der Waals surface area contributed by atoms with E-state index in [0.29, 0.717) is 0 Å². The minimum absolute atomic E-state index is 0.466. The number of ketones is 1. The molecule has 0 aromatic heterocycles. The Morgan fingerprint density at radius 2 is 1.90 bits per heavy atom.